The van der Waals surface area contributed by atoms with Gasteiger partial charge in [0.1, 0.15) is 0 Å². The first-order valence-corrected chi connectivity index (χ1v) is 8.45. The highest BCUT2D eigenvalue weighted by Crippen LogP contribution is 2.21. The summed E-state index contributed by atoms with van der Waals surface area (Å²) in [6, 6.07) is 8.01. The lowest BCUT2D eigenvalue weighted by Crippen LogP contribution is -2.47. The number of anilines is 1. The van der Waals surface area contributed by atoms with Crippen molar-refractivity contribution in [2.24, 2.45) is 5.92 Å². The lowest BCUT2D eigenvalue weighted by molar-refractivity contribution is -0.121. The number of piperidine rings is 1. The second kappa shape index (κ2) is 7.99. The lowest BCUT2D eigenvalue weighted by Gasteiger charge is -2.32. The fourth-order valence-corrected chi connectivity index (χ4v) is 2.87. The molecule has 1 aromatic carbocycles. The second-order valence-corrected chi connectivity index (χ2v) is 6.37. The summed E-state index contributed by atoms with van der Waals surface area (Å²) in [7, 11) is 0. The maximum atomic E-state index is 12.5. The number of nitrogens with one attached hydrogen (secondary N) is 2. The molecule has 5 nitrogen and oxygen atoms in total. The van der Waals surface area contributed by atoms with Crippen molar-refractivity contribution in [1.29, 1.82) is 0 Å². The van der Waals surface area contributed by atoms with Gasteiger partial charge in [0, 0.05) is 30.7 Å². The van der Waals surface area contributed by atoms with E-state index in [1.807, 2.05) is 38.1 Å². The zero-order valence-corrected chi connectivity index (χ0v) is 14.3. The van der Waals surface area contributed by atoms with Crippen LogP contribution in [0.2, 0.25) is 0 Å². The molecule has 126 valence electrons. The number of likely N-dealkylation sites (tertiary alicyclic amines) is 1. The van der Waals surface area contributed by atoms with Crippen LogP contribution in [0.25, 0.3) is 0 Å². The minimum absolute atomic E-state index is 0.0250. The quantitative estimate of drug-likeness (QED) is 0.896. The Morgan fingerprint density at radius 3 is 2.48 bits per heavy atom. The van der Waals surface area contributed by atoms with Crippen molar-refractivity contribution in [2.75, 3.05) is 18.4 Å². The predicted octanol–water partition coefficient (Wildman–Crippen LogP) is 3.02. The van der Waals surface area contributed by atoms with E-state index >= 15 is 0 Å². The summed E-state index contributed by atoms with van der Waals surface area (Å²) in [5.74, 6) is 0.0397. The van der Waals surface area contributed by atoms with E-state index in [2.05, 4.69) is 17.6 Å². The molecular formula is C18H27N3O2. The molecule has 1 heterocycles. The van der Waals surface area contributed by atoms with E-state index in [4.69, 9.17) is 0 Å². The van der Waals surface area contributed by atoms with Gasteiger partial charge in [0.05, 0.1) is 0 Å². The smallest absolute Gasteiger partial charge is 0.317 e. The number of nitrogens with zero attached hydrogens (tertiary/aromatic N) is 1. The van der Waals surface area contributed by atoms with Crippen LogP contribution in [-0.2, 0) is 11.2 Å². The molecule has 2 rings (SSSR count). The number of para-hydroxylation sites is 1. The molecule has 0 aliphatic carbocycles. The molecule has 5 heteroatoms. The molecule has 1 aliphatic rings. The van der Waals surface area contributed by atoms with E-state index in [9.17, 15) is 9.59 Å². The van der Waals surface area contributed by atoms with E-state index in [0.29, 0.717) is 25.9 Å². The van der Waals surface area contributed by atoms with E-state index in [1.54, 1.807) is 4.90 Å². The SMILES string of the molecule is CCc1ccccc1NC(=O)C1CCN(C(=O)NC(C)C)CC1. The monoisotopic (exact) mass is 317 g/mol. The summed E-state index contributed by atoms with van der Waals surface area (Å²) in [6.07, 6.45) is 2.32. The molecule has 0 saturated carbocycles. The molecule has 1 fully saturated rings. The normalized spacial score (nSPS) is 15.6. The molecule has 0 aromatic heterocycles. The number of rotatable bonds is 4. The van der Waals surface area contributed by atoms with Gasteiger partial charge in [-0.1, -0.05) is 25.1 Å². The van der Waals surface area contributed by atoms with Crippen molar-refractivity contribution in [3.8, 4) is 0 Å². The molecular weight excluding hydrogens is 290 g/mol. The molecule has 1 aromatic rings. The number of amides is 3. The zero-order chi connectivity index (χ0) is 16.8. The van der Waals surface area contributed by atoms with Crippen LogP contribution in [0.15, 0.2) is 24.3 Å². The third-order valence-electron chi connectivity index (χ3n) is 4.22. The minimum Gasteiger partial charge on any atom is -0.336 e. The highest BCUT2D eigenvalue weighted by atomic mass is 16.2. The summed E-state index contributed by atoms with van der Waals surface area (Å²) in [4.78, 5) is 26.2. The van der Waals surface area contributed by atoms with Gasteiger partial charge in [0.15, 0.2) is 0 Å². The Balaban J connectivity index is 1.87. The Kier molecular flexibility index (Phi) is 6.02. The fourth-order valence-electron chi connectivity index (χ4n) is 2.87. The van der Waals surface area contributed by atoms with Crippen molar-refractivity contribution in [3.05, 3.63) is 29.8 Å². The Hall–Kier alpha value is -2.04. The highest BCUT2D eigenvalue weighted by Gasteiger charge is 2.27. The van der Waals surface area contributed by atoms with Crippen LogP contribution in [0.4, 0.5) is 10.5 Å². The maximum absolute atomic E-state index is 12.5. The molecule has 0 atom stereocenters. The maximum Gasteiger partial charge on any atom is 0.317 e. The molecule has 2 N–H and O–H groups in total. The van der Waals surface area contributed by atoms with E-state index in [1.165, 1.54) is 0 Å². The molecule has 1 saturated heterocycles. The number of urea groups is 1. The van der Waals surface area contributed by atoms with Gasteiger partial charge in [-0.05, 0) is 44.7 Å². The molecule has 0 unspecified atom stereocenters. The molecule has 1 aliphatic heterocycles. The topological polar surface area (TPSA) is 61.4 Å². The van der Waals surface area contributed by atoms with Crippen molar-refractivity contribution in [3.63, 3.8) is 0 Å². The largest absolute Gasteiger partial charge is 0.336 e. The molecule has 0 bridgehead atoms. The van der Waals surface area contributed by atoms with Gasteiger partial charge in [-0.25, -0.2) is 4.79 Å². The summed E-state index contributed by atoms with van der Waals surface area (Å²) < 4.78 is 0. The van der Waals surface area contributed by atoms with Crippen LogP contribution < -0.4 is 10.6 Å². The summed E-state index contributed by atoms with van der Waals surface area (Å²) in [6.45, 7) is 7.24. The highest BCUT2D eigenvalue weighted by molar-refractivity contribution is 5.93. The Morgan fingerprint density at radius 2 is 1.87 bits per heavy atom. The van der Waals surface area contributed by atoms with Gasteiger partial charge in [0.25, 0.3) is 0 Å². The third-order valence-corrected chi connectivity index (χ3v) is 4.22. The summed E-state index contributed by atoms with van der Waals surface area (Å²) in [5, 5.41) is 5.95. The Bertz CT molecular complexity index is 549. The number of hydrogen-bond donors (Lipinski definition) is 2. The summed E-state index contributed by atoms with van der Waals surface area (Å²) in [5.41, 5.74) is 2.05. The van der Waals surface area contributed by atoms with Crippen LogP contribution in [0, 0.1) is 5.92 Å². The van der Waals surface area contributed by atoms with Crippen LogP contribution in [0.5, 0.6) is 0 Å². The van der Waals surface area contributed by atoms with Crippen LogP contribution in [0.1, 0.15) is 39.2 Å². The van der Waals surface area contributed by atoms with Gasteiger partial charge in [-0.15, -0.1) is 0 Å². The first-order chi connectivity index (χ1) is 11.0. The minimum atomic E-state index is -0.0322. The molecule has 23 heavy (non-hydrogen) atoms. The molecule has 0 spiro atoms. The number of aryl methyl sites for hydroxylation is 1. The fraction of sp³-hybridized carbons (Fsp3) is 0.556. The second-order valence-electron chi connectivity index (χ2n) is 6.37. The van der Waals surface area contributed by atoms with Gasteiger partial charge in [-0.2, -0.15) is 0 Å². The number of carbonyl (C=O) groups is 2. The van der Waals surface area contributed by atoms with Crippen molar-refractivity contribution >= 4 is 17.6 Å². The van der Waals surface area contributed by atoms with Crippen LogP contribution in [-0.4, -0.2) is 36.0 Å². The van der Waals surface area contributed by atoms with Crippen molar-refractivity contribution in [2.45, 2.75) is 46.1 Å². The average molecular weight is 317 g/mol. The zero-order valence-electron chi connectivity index (χ0n) is 14.3. The Morgan fingerprint density at radius 1 is 1.22 bits per heavy atom. The van der Waals surface area contributed by atoms with Crippen LogP contribution in [0.3, 0.4) is 0 Å². The third kappa shape index (κ3) is 4.71. The molecule has 0 radical (unpaired) electrons. The summed E-state index contributed by atoms with van der Waals surface area (Å²) >= 11 is 0. The van der Waals surface area contributed by atoms with Gasteiger partial charge in [0.2, 0.25) is 5.91 Å². The van der Waals surface area contributed by atoms with Gasteiger partial charge >= 0.3 is 6.03 Å². The van der Waals surface area contributed by atoms with E-state index in [0.717, 1.165) is 17.7 Å². The number of hydrogen-bond acceptors (Lipinski definition) is 2. The van der Waals surface area contributed by atoms with E-state index in [-0.39, 0.29) is 23.9 Å². The van der Waals surface area contributed by atoms with Crippen molar-refractivity contribution < 1.29 is 9.59 Å². The first-order valence-electron chi connectivity index (χ1n) is 8.45. The number of benzene rings is 1. The average Bonchev–Trinajstić information content (AvgIpc) is 2.55. The first kappa shape index (κ1) is 17.3. The Labute approximate surface area is 138 Å². The lowest BCUT2D eigenvalue weighted by atomic mass is 9.95. The van der Waals surface area contributed by atoms with Gasteiger partial charge < -0.3 is 15.5 Å². The van der Waals surface area contributed by atoms with Crippen LogP contribution >= 0.6 is 0 Å². The van der Waals surface area contributed by atoms with Crippen molar-refractivity contribution in [1.82, 2.24) is 10.2 Å². The molecule has 3 amide bonds. The van der Waals surface area contributed by atoms with E-state index < -0.39 is 0 Å². The number of carbonyl (C=O) groups excluding carboxylic acids is 2. The predicted molar refractivity (Wildman–Crippen MR) is 92.4 cm³/mol. The van der Waals surface area contributed by atoms with Gasteiger partial charge in [-0.3, -0.25) is 4.79 Å². The standard InChI is InChI=1S/C18H27N3O2/c1-4-14-7-5-6-8-16(14)20-17(22)15-9-11-21(12-10-15)18(23)19-13(2)3/h5-8,13,15H,4,9-12H2,1-3H3,(H,19,23)(H,20,22).